The summed E-state index contributed by atoms with van der Waals surface area (Å²) in [5.74, 6) is 0.814. The average Bonchev–Trinajstić information content (AvgIpc) is 2.66. The molecule has 1 amide bonds. The summed E-state index contributed by atoms with van der Waals surface area (Å²) in [6.45, 7) is 5.88. The fraction of sp³-hybridized carbons (Fsp3) is 0.389. The summed E-state index contributed by atoms with van der Waals surface area (Å²) in [5.41, 5.74) is 2.51. The quantitative estimate of drug-likeness (QED) is 0.780. The highest BCUT2D eigenvalue weighted by Gasteiger charge is 2.19. The first kappa shape index (κ1) is 17.2. The van der Waals surface area contributed by atoms with Crippen molar-refractivity contribution in [3.8, 4) is 0 Å². The largest absolute Gasteiger partial charge is 0.383 e. The minimum Gasteiger partial charge on any atom is -0.383 e. The molecule has 2 aromatic rings. The van der Waals surface area contributed by atoms with Gasteiger partial charge in [0.15, 0.2) is 0 Å². The standard InChI is InChI=1S/C18H23N5O2/c1-14-2-4-21-17(12-14)22-7-6-19-15-3-5-20-16(13-15)18(24)23-8-10-25-11-9-23/h2-5,12-13H,6-11H2,1H3,(H,19,20)(H,21,22). The first-order valence-electron chi connectivity index (χ1n) is 8.46. The lowest BCUT2D eigenvalue weighted by atomic mass is 10.2. The second-order valence-electron chi connectivity index (χ2n) is 5.91. The third-order valence-electron chi connectivity index (χ3n) is 3.95. The maximum atomic E-state index is 12.5. The van der Waals surface area contributed by atoms with Gasteiger partial charge < -0.3 is 20.3 Å². The molecule has 7 heteroatoms. The summed E-state index contributed by atoms with van der Waals surface area (Å²) in [7, 11) is 0. The van der Waals surface area contributed by atoms with Crippen LogP contribution in [0.25, 0.3) is 0 Å². The number of ether oxygens (including phenoxy) is 1. The van der Waals surface area contributed by atoms with Crippen LogP contribution in [-0.2, 0) is 4.74 Å². The molecule has 2 aromatic heterocycles. The van der Waals surface area contributed by atoms with Crippen LogP contribution in [0.3, 0.4) is 0 Å². The third-order valence-corrected chi connectivity index (χ3v) is 3.95. The zero-order chi connectivity index (χ0) is 17.5. The number of nitrogens with zero attached hydrogens (tertiary/aromatic N) is 3. The molecule has 2 N–H and O–H groups in total. The van der Waals surface area contributed by atoms with Gasteiger partial charge in [-0.3, -0.25) is 9.78 Å². The molecule has 1 aliphatic heterocycles. The summed E-state index contributed by atoms with van der Waals surface area (Å²) in [6.07, 6.45) is 3.45. The summed E-state index contributed by atoms with van der Waals surface area (Å²) >= 11 is 0. The highest BCUT2D eigenvalue weighted by molar-refractivity contribution is 5.93. The lowest BCUT2D eigenvalue weighted by Gasteiger charge is -2.26. The van der Waals surface area contributed by atoms with Gasteiger partial charge in [-0.1, -0.05) is 0 Å². The number of carbonyl (C=O) groups excluding carboxylic acids is 1. The van der Waals surface area contributed by atoms with Crippen molar-refractivity contribution < 1.29 is 9.53 Å². The summed E-state index contributed by atoms with van der Waals surface area (Å²) in [4.78, 5) is 22.7. The Morgan fingerprint density at radius 3 is 2.68 bits per heavy atom. The van der Waals surface area contributed by atoms with Crippen molar-refractivity contribution in [3.05, 3.63) is 47.9 Å². The van der Waals surface area contributed by atoms with Crippen LogP contribution < -0.4 is 10.6 Å². The number of rotatable bonds is 6. The number of amides is 1. The second kappa shape index (κ2) is 8.43. The zero-order valence-corrected chi connectivity index (χ0v) is 14.4. The number of hydrogen-bond acceptors (Lipinski definition) is 6. The van der Waals surface area contributed by atoms with E-state index in [4.69, 9.17) is 4.74 Å². The predicted octanol–water partition coefficient (Wildman–Crippen LogP) is 1.78. The van der Waals surface area contributed by atoms with Gasteiger partial charge in [0.05, 0.1) is 13.2 Å². The molecule has 0 bridgehead atoms. The maximum absolute atomic E-state index is 12.5. The van der Waals surface area contributed by atoms with E-state index in [-0.39, 0.29) is 5.91 Å². The molecular formula is C18H23N5O2. The smallest absolute Gasteiger partial charge is 0.272 e. The second-order valence-corrected chi connectivity index (χ2v) is 5.91. The van der Waals surface area contributed by atoms with Crippen LogP contribution in [0.2, 0.25) is 0 Å². The van der Waals surface area contributed by atoms with Crippen LogP contribution in [0.5, 0.6) is 0 Å². The molecule has 0 atom stereocenters. The molecule has 3 rings (SSSR count). The lowest BCUT2D eigenvalue weighted by molar-refractivity contribution is 0.0299. The molecule has 7 nitrogen and oxygen atoms in total. The Balaban J connectivity index is 1.50. The van der Waals surface area contributed by atoms with Crippen molar-refractivity contribution in [3.63, 3.8) is 0 Å². The first-order valence-corrected chi connectivity index (χ1v) is 8.46. The Bertz CT molecular complexity index is 716. The fourth-order valence-corrected chi connectivity index (χ4v) is 2.62. The molecule has 3 heterocycles. The number of pyridine rings is 2. The van der Waals surface area contributed by atoms with Gasteiger partial charge in [0.2, 0.25) is 0 Å². The van der Waals surface area contributed by atoms with E-state index >= 15 is 0 Å². The Morgan fingerprint density at radius 1 is 1.12 bits per heavy atom. The first-order chi connectivity index (χ1) is 12.2. The number of aryl methyl sites for hydroxylation is 1. The van der Waals surface area contributed by atoms with E-state index in [0.29, 0.717) is 38.5 Å². The number of nitrogens with one attached hydrogen (secondary N) is 2. The molecule has 0 saturated carbocycles. The number of carbonyl (C=O) groups is 1. The van der Waals surface area contributed by atoms with Crippen molar-refractivity contribution in [2.24, 2.45) is 0 Å². The monoisotopic (exact) mass is 341 g/mol. The molecule has 0 unspecified atom stereocenters. The van der Waals surface area contributed by atoms with E-state index in [0.717, 1.165) is 18.1 Å². The number of morpholine rings is 1. The predicted molar refractivity (Wildman–Crippen MR) is 96.9 cm³/mol. The minimum absolute atomic E-state index is 0.0472. The minimum atomic E-state index is -0.0472. The third kappa shape index (κ3) is 4.90. The van der Waals surface area contributed by atoms with Crippen molar-refractivity contribution in [2.45, 2.75) is 6.92 Å². The molecule has 0 spiro atoms. The maximum Gasteiger partial charge on any atom is 0.272 e. The molecule has 0 aliphatic carbocycles. The van der Waals surface area contributed by atoms with Crippen LogP contribution in [0.4, 0.5) is 11.5 Å². The lowest BCUT2D eigenvalue weighted by Crippen LogP contribution is -2.41. The zero-order valence-electron chi connectivity index (χ0n) is 14.4. The summed E-state index contributed by atoms with van der Waals surface area (Å²) in [5, 5.41) is 6.57. The SMILES string of the molecule is Cc1ccnc(NCCNc2ccnc(C(=O)N3CCOCC3)c2)c1. The van der Waals surface area contributed by atoms with Crippen molar-refractivity contribution in [1.82, 2.24) is 14.9 Å². The average molecular weight is 341 g/mol. The molecule has 1 aliphatic rings. The van der Waals surface area contributed by atoms with Gasteiger partial charge in [-0.2, -0.15) is 0 Å². The normalized spacial score (nSPS) is 14.2. The van der Waals surface area contributed by atoms with Crippen molar-refractivity contribution in [1.29, 1.82) is 0 Å². The van der Waals surface area contributed by atoms with Gasteiger partial charge in [0.25, 0.3) is 5.91 Å². The Hall–Kier alpha value is -2.67. The van der Waals surface area contributed by atoms with Crippen molar-refractivity contribution >= 4 is 17.4 Å². The van der Waals surface area contributed by atoms with Crippen LogP contribution in [0.15, 0.2) is 36.7 Å². The number of anilines is 2. The fourth-order valence-electron chi connectivity index (χ4n) is 2.62. The Kier molecular flexibility index (Phi) is 5.79. The molecule has 1 fully saturated rings. The van der Waals surface area contributed by atoms with Crippen LogP contribution in [0, 0.1) is 6.92 Å². The van der Waals surface area contributed by atoms with Gasteiger partial charge in [-0.25, -0.2) is 4.98 Å². The van der Waals surface area contributed by atoms with E-state index in [1.54, 1.807) is 23.4 Å². The topological polar surface area (TPSA) is 79.4 Å². The molecule has 1 saturated heterocycles. The van der Waals surface area contributed by atoms with Crippen molar-refractivity contribution in [2.75, 3.05) is 50.0 Å². The van der Waals surface area contributed by atoms with Crippen LogP contribution >= 0.6 is 0 Å². The molecular weight excluding hydrogens is 318 g/mol. The van der Waals surface area contributed by atoms with Gasteiger partial charge >= 0.3 is 0 Å². The van der Waals surface area contributed by atoms with E-state index in [2.05, 4.69) is 20.6 Å². The highest BCUT2D eigenvalue weighted by atomic mass is 16.5. The summed E-state index contributed by atoms with van der Waals surface area (Å²) in [6, 6.07) is 7.63. The summed E-state index contributed by atoms with van der Waals surface area (Å²) < 4.78 is 5.28. The Morgan fingerprint density at radius 2 is 1.88 bits per heavy atom. The van der Waals surface area contributed by atoms with Crippen LogP contribution in [0.1, 0.15) is 16.1 Å². The molecule has 0 aromatic carbocycles. The van der Waals surface area contributed by atoms with E-state index in [1.807, 2.05) is 25.1 Å². The van der Waals surface area contributed by atoms with Gasteiger partial charge in [0, 0.05) is 44.3 Å². The van der Waals surface area contributed by atoms with Gasteiger partial charge in [-0.05, 0) is 36.8 Å². The Labute approximate surface area is 147 Å². The molecule has 132 valence electrons. The van der Waals surface area contributed by atoms with Gasteiger partial charge in [0.1, 0.15) is 11.5 Å². The van der Waals surface area contributed by atoms with E-state index in [9.17, 15) is 4.79 Å². The van der Waals surface area contributed by atoms with Crippen LogP contribution in [-0.4, -0.2) is 60.2 Å². The number of hydrogen-bond donors (Lipinski definition) is 2. The highest BCUT2D eigenvalue weighted by Crippen LogP contribution is 2.11. The molecule has 0 radical (unpaired) electrons. The molecule has 25 heavy (non-hydrogen) atoms. The van der Waals surface area contributed by atoms with E-state index < -0.39 is 0 Å². The number of aromatic nitrogens is 2. The van der Waals surface area contributed by atoms with Gasteiger partial charge in [-0.15, -0.1) is 0 Å². The van der Waals surface area contributed by atoms with E-state index in [1.165, 1.54) is 5.56 Å².